The largest absolute Gasteiger partial charge is 0.465 e. The number of hydrogen-bond donors (Lipinski definition) is 3. The van der Waals surface area contributed by atoms with E-state index in [2.05, 4.69) is 30.5 Å². The van der Waals surface area contributed by atoms with Crippen LogP contribution < -0.4 is 10.9 Å². The first-order valence-corrected chi connectivity index (χ1v) is 11.8. The summed E-state index contributed by atoms with van der Waals surface area (Å²) in [6, 6.07) is 11.1. The molecule has 12 nitrogen and oxygen atoms in total. The van der Waals surface area contributed by atoms with Gasteiger partial charge in [-0.2, -0.15) is 9.07 Å². The number of H-pyrrole nitrogens is 1. The topological polar surface area (TPSA) is 156 Å². The minimum Gasteiger partial charge on any atom is -0.465 e. The van der Waals surface area contributed by atoms with Crippen LogP contribution >= 0.6 is 11.6 Å². The second kappa shape index (κ2) is 9.19. The summed E-state index contributed by atoms with van der Waals surface area (Å²) in [5.74, 6) is -0.494. The Bertz CT molecular complexity index is 1750. The van der Waals surface area contributed by atoms with Crippen molar-refractivity contribution in [3.63, 3.8) is 0 Å². The Morgan fingerprint density at radius 1 is 1.18 bits per heavy atom. The Morgan fingerprint density at radius 3 is 2.82 bits per heavy atom. The first-order chi connectivity index (χ1) is 18.4. The average Bonchev–Trinajstić information content (AvgIpc) is 3.64. The summed E-state index contributed by atoms with van der Waals surface area (Å²) in [4.78, 5) is 35.2. The van der Waals surface area contributed by atoms with Crippen LogP contribution in [-0.2, 0) is 6.42 Å². The van der Waals surface area contributed by atoms with E-state index in [1.807, 2.05) is 11.4 Å². The number of benzene rings is 1. The molecule has 4 aromatic heterocycles. The number of aromatic amines is 1. The summed E-state index contributed by atoms with van der Waals surface area (Å²) in [5, 5.41) is 22.6. The molecule has 1 aliphatic heterocycles. The summed E-state index contributed by atoms with van der Waals surface area (Å²) in [6.45, 7) is 0. The van der Waals surface area contributed by atoms with Crippen LogP contribution in [0.1, 0.15) is 24.0 Å². The zero-order valence-corrected chi connectivity index (χ0v) is 20.1. The number of anilines is 1. The number of carbonyl (C=O) groups is 1. The van der Waals surface area contributed by atoms with Crippen LogP contribution in [0.2, 0.25) is 5.02 Å². The molecule has 5 aromatic rings. The van der Waals surface area contributed by atoms with Crippen molar-refractivity contribution >= 4 is 23.5 Å². The lowest BCUT2D eigenvalue weighted by Crippen LogP contribution is -2.23. The number of imidazole rings is 1. The van der Waals surface area contributed by atoms with E-state index in [1.54, 1.807) is 22.8 Å². The van der Waals surface area contributed by atoms with Gasteiger partial charge in [0.05, 0.1) is 29.2 Å². The van der Waals surface area contributed by atoms with Crippen LogP contribution in [0, 0.1) is 5.95 Å². The summed E-state index contributed by atoms with van der Waals surface area (Å²) < 4.78 is 17.7. The van der Waals surface area contributed by atoms with Gasteiger partial charge in [-0.1, -0.05) is 11.6 Å². The molecule has 6 rings (SSSR count). The van der Waals surface area contributed by atoms with Gasteiger partial charge in [0, 0.05) is 22.3 Å². The van der Waals surface area contributed by atoms with Gasteiger partial charge in [0.15, 0.2) is 0 Å². The highest BCUT2D eigenvalue weighted by Crippen LogP contribution is 2.34. The molecule has 0 bridgehead atoms. The van der Waals surface area contributed by atoms with Gasteiger partial charge in [-0.3, -0.25) is 10.1 Å². The molecular formula is C24H17ClFN9O3. The van der Waals surface area contributed by atoms with E-state index in [0.29, 0.717) is 46.2 Å². The Kier molecular flexibility index (Phi) is 5.68. The van der Waals surface area contributed by atoms with E-state index in [4.69, 9.17) is 16.7 Å². The molecular weight excluding hydrogens is 517 g/mol. The number of nitrogens with zero attached hydrogens (tertiary/aromatic N) is 7. The normalized spacial score (nSPS) is 14.4. The van der Waals surface area contributed by atoms with Gasteiger partial charge < -0.3 is 14.7 Å². The second-order valence-corrected chi connectivity index (χ2v) is 9.00. The zero-order valence-electron chi connectivity index (χ0n) is 19.3. The Balaban J connectivity index is 1.34. The molecule has 0 saturated heterocycles. The lowest BCUT2D eigenvalue weighted by Gasteiger charge is -2.15. The van der Waals surface area contributed by atoms with Crippen molar-refractivity contribution < 1.29 is 14.3 Å². The molecule has 0 fully saturated rings. The standard InChI is InChI=1S/C24H17ClFN9O3/c25-13-1-4-18(34-11-28-32-33-34)16(9-13)12-7-14-2-5-19(35(14)21(36)8-12)23-27-10-17(29-23)15-3-6-20(30-22(15)26)31-24(37)38/h1,3-4,6-11,19H,2,5H2,(H,27,29)(H,30,31)(H,37,38)/t19-/m0/s1. The number of pyridine rings is 2. The van der Waals surface area contributed by atoms with Gasteiger partial charge in [-0.15, -0.1) is 5.10 Å². The molecule has 1 atom stereocenters. The third-order valence-corrected chi connectivity index (χ3v) is 6.52. The average molecular weight is 534 g/mol. The molecule has 1 aromatic carbocycles. The van der Waals surface area contributed by atoms with Crippen LogP contribution in [0.25, 0.3) is 28.1 Å². The molecule has 3 N–H and O–H groups in total. The number of nitrogens with one attached hydrogen (secondary N) is 2. The zero-order chi connectivity index (χ0) is 26.4. The highest BCUT2D eigenvalue weighted by atomic mass is 35.5. The smallest absolute Gasteiger partial charge is 0.410 e. The van der Waals surface area contributed by atoms with Crippen molar-refractivity contribution in [2.75, 3.05) is 5.32 Å². The van der Waals surface area contributed by atoms with E-state index >= 15 is 0 Å². The number of amides is 1. The maximum atomic E-state index is 14.6. The number of fused-ring (bicyclic) bond motifs is 1. The Morgan fingerprint density at radius 2 is 2.05 bits per heavy atom. The first kappa shape index (κ1) is 23.5. The molecule has 1 aliphatic rings. The van der Waals surface area contributed by atoms with Crippen LogP contribution in [-0.4, -0.2) is 50.9 Å². The van der Waals surface area contributed by atoms with Gasteiger partial charge in [0.25, 0.3) is 5.56 Å². The van der Waals surface area contributed by atoms with Crippen molar-refractivity contribution in [3.05, 3.63) is 87.8 Å². The van der Waals surface area contributed by atoms with E-state index < -0.39 is 12.0 Å². The summed E-state index contributed by atoms with van der Waals surface area (Å²) in [7, 11) is 0. The summed E-state index contributed by atoms with van der Waals surface area (Å²) in [6.07, 6.45) is 2.82. The Hall–Kier alpha value is -4.91. The molecule has 1 amide bonds. The maximum Gasteiger partial charge on any atom is 0.410 e. The molecule has 0 unspecified atom stereocenters. The Labute approximate surface area is 217 Å². The molecule has 0 spiro atoms. The fraction of sp³-hybridized carbons (Fsp3) is 0.125. The lowest BCUT2D eigenvalue weighted by atomic mass is 10.0. The van der Waals surface area contributed by atoms with Crippen molar-refractivity contribution in [2.24, 2.45) is 0 Å². The van der Waals surface area contributed by atoms with Gasteiger partial charge in [0.2, 0.25) is 5.95 Å². The fourth-order valence-electron chi connectivity index (χ4n) is 4.68. The summed E-state index contributed by atoms with van der Waals surface area (Å²) >= 11 is 6.27. The minimum absolute atomic E-state index is 0.122. The van der Waals surface area contributed by atoms with Gasteiger partial charge in [-0.25, -0.2) is 14.8 Å². The third kappa shape index (κ3) is 4.18. The second-order valence-electron chi connectivity index (χ2n) is 8.56. The molecule has 0 aliphatic carbocycles. The van der Waals surface area contributed by atoms with E-state index in [0.717, 1.165) is 5.69 Å². The van der Waals surface area contributed by atoms with E-state index in [9.17, 15) is 14.0 Å². The number of rotatable bonds is 5. The van der Waals surface area contributed by atoms with Crippen molar-refractivity contribution in [1.82, 2.24) is 39.7 Å². The SMILES string of the molecule is O=C(O)Nc1ccc(-c2cnc([C@@H]3CCc4cc(-c5cc(Cl)ccc5-n5cnnn5)cc(=O)n43)[nH]2)c(F)n1. The van der Waals surface area contributed by atoms with Crippen molar-refractivity contribution in [3.8, 4) is 28.1 Å². The quantitative estimate of drug-likeness (QED) is 0.289. The number of carboxylic acid groups (broad SMARTS) is 1. The molecule has 190 valence electrons. The van der Waals surface area contributed by atoms with Gasteiger partial charge >= 0.3 is 6.09 Å². The van der Waals surface area contributed by atoms with Crippen LogP contribution in [0.5, 0.6) is 0 Å². The fourth-order valence-corrected chi connectivity index (χ4v) is 4.85. The van der Waals surface area contributed by atoms with Gasteiger partial charge in [0.1, 0.15) is 18.0 Å². The minimum atomic E-state index is -1.34. The van der Waals surface area contributed by atoms with E-state index in [-0.39, 0.29) is 23.0 Å². The van der Waals surface area contributed by atoms with Crippen molar-refractivity contribution in [2.45, 2.75) is 18.9 Å². The predicted octanol–water partition coefficient (Wildman–Crippen LogP) is 3.69. The molecule has 0 radical (unpaired) electrons. The maximum absolute atomic E-state index is 14.6. The lowest BCUT2D eigenvalue weighted by molar-refractivity contribution is 0.209. The molecule has 38 heavy (non-hydrogen) atoms. The summed E-state index contributed by atoms with van der Waals surface area (Å²) in [5.41, 5.74) is 3.13. The highest BCUT2D eigenvalue weighted by Gasteiger charge is 2.28. The molecule has 0 saturated carbocycles. The van der Waals surface area contributed by atoms with Crippen LogP contribution in [0.4, 0.5) is 15.0 Å². The van der Waals surface area contributed by atoms with Crippen molar-refractivity contribution in [1.29, 1.82) is 0 Å². The monoisotopic (exact) mass is 533 g/mol. The van der Waals surface area contributed by atoms with Crippen LogP contribution in [0.3, 0.4) is 0 Å². The van der Waals surface area contributed by atoms with E-state index in [1.165, 1.54) is 35.4 Å². The number of hydrogen-bond acceptors (Lipinski definition) is 7. The third-order valence-electron chi connectivity index (χ3n) is 6.28. The highest BCUT2D eigenvalue weighted by molar-refractivity contribution is 6.31. The number of aryl methyl sites for hydroxylation is 1. The first-order valence-electron chi connectivity index (χ1n) is 11.4. The molecule has 5 heterocycles. The van der Waals surface area contributed by atoms with Gasteiger partial charge in [-0.05, 0) is 65.2 Å². The molecule has 14 heteroatoms. The number of aromatic nitrogens is 8. The predicted molar refractivity (Wildman–Crippen MR) is 134 cm³/mol. The number of tetrazole rings is 1. The van der Waals surface area contributed by atoms with Crippen LogP contribution in [0.15, 0.2) is 59.8 Å². The number of halogens is 2.